The number of methoxy groups -OCH3 is 2. The van der Waals surface area contributed by atoms with Crippen LogP contribution in [0.2, 0.25) is 5.02 Å². The van der Waals surface area contributed by atoms with Gasteiger partial charge in [0.2, 0.25) is 0 Å². The van der Waals surface area contributed by atoms with Crippen molar-refractivity contribution in [3.63, 3.8) is 0 Å². The van der Waals surface area contributed by atoms with E-state index in [2.05, 4.69) is 47.4 Å². The number of fused-ring (bicyclic) bond motifs is 1. The van der Waals surface area contributed by atoms with Crippen molar-refractivity contribution < 1.29 is 28.7 Å². The van der Waals surface area contributed by atoms with Crippen LogP contribution in [0.5, 0.6) is 17.2 Å². The zero-order valence-corrected chi connectivity index (χ0v) is 27.3. The summed E-state index contributed by atoms with van der Waals surface area (Å²) in [6.45, 7) is 0. The second-order valence-corrected chi connectivity index (χ2v) is 11.5. The van der Waals surface area contributed by atoms with Gasteiger partial charge in [-0.2, -0.15) is 5.10 Å². The Hall–Kier alpha value is -4.72. The zero-order chi connectivity index (χ0) is 32.2. The maximum atomic E-state index is 13.6. The monoisotopic (exact) mass is 754 g/mol. The summed E-state index contributed by atoms with van der Waals surface area (Å²) >= 11 is 13.4. The summed E-state index contributed by atoms with van der Waals surface area (Å²) in [5.41, 5.74) is 4.54. The fourth-order valence-electron chi connectivity index (χ4n) is 4.56. The summed E-state index contributed by atoms with van der Waals surface area (Å²) in [6, 6.07) is 18.8. The summed E-state index contributed by atoms with van der Waals surface area (Å²) in [7, 11) is 3.04. The first-order chi connectivity index (χ1) is 21.6. The van der Waals surface area contributed by atoms with E-state index in [1.165, 1.54) is 44.7 Å². The minimum atomic E-state index is -0.753. The molecule has 0 aliphatic heterocycles. The predicted octanol–water partition coefficient (Wildman–Crippen LogP) is 7.92. The molecule has 2 N–H and O–H groups in total. The molecule has 45 heavy (non-hydrogen) atoms. The molecule has 0 spiro atoms. The SMILES string of the molecule is COc1ccc(OC)c2c(-c3ccccc3Cl)c(C(=O)NN=Cc3cc(Br)cc(Br)c3OC(=O)c3ccc([N+](=O)[O-])cc3)[nH]c12. The molecule has 0 saturated heterocycles. The van der Waals surface area contributed by atoms with E-state index in [9.17, 15) is 19.7 Å². The smallest absolute Gasteiger partial charge is 0.343 e. The third kappa shape index (κ3) is 6.55. The van der Waals surface area contributed by atoms with E-state index in [-0.39, 0.29) is 22.7 Å². The van der Waals surface area contributed by atoms with Crippen LogP contribution in [0.1, 0.15) is 26.4 Å². The minimum Gasteiger partial charge on any atom is -0.496 e. The third-order valence-corrected chi connectivity index (χ3v) is 7.98. The van der Waals surface area contributed by atoms with Crippen LogP contribution in [0.3, 0.4) is 0 Å². The number of carbonyl (C=O) groups is 2. The zero-order valence-electron chi connectivity index (χ0n) is 23.4. The third-order valence-electron chi connectivity index (χ3n) is 6.60. The number of aromatic nitrogens is 1. The number of aromatic amines is 1. The van der Waals surface area contributed by atoms with Gasteiger partial charge in [0.05, 0.1) is 46.3 Å². The molecular formula is C31H21Br2ClN4O7. The van der Waals surface area contributed by atoms with E-state index >= 15 is 0 Å². The molecule has 5 aromatic rings. The molecule has 228 valence electrons. The molecule has 14 heteroatoms. The number of halogens is 3. The number of carbonyl (C=O) groups excluding carboxylic acids is 2. The van der Waals surface area contributed by atoms with Crippen molar-refractivity contribution in [1.29, 1.82) is 0 Å². The molecule has 0 fully saturated rings. The van der Waals surface area contributed by atoms with Gasteiger partial charge >= 0.3 is 5.97 Å². The number of nitro benzene ring substituents is 1. The molecule has 0 saturated carbocycles. The summed E-state index contributed by atoms with van der Waals surface area (Å²) in [5.74, 6) is -0.258. The summed E-state index contributed by atoms with van der Waals surface area (Å²) in [6.07, 6.45) is 1.31. The van der Waals surface area contributed by atoms with Crippen molar-refractivity contribution >= 4 is 78.1 Å². The number of non-ortho nitro benzene ring substituents is 1. The highest BCUT2D eigenvalue weighted by atomic mass is 79.9. The van der Waals surface area contributed by atoms with Crippen LogP contribution in [0.15, 0.2) is 86.8 Å². The van der Waals surface area contributed by atoms with Crippen molar-refractivity contribution in [2.45, 2.75) is 0 Å². The Kier molecular flexibility index (Phi) is 9.51. The fourth-order valence-corrected chi connectivity index (χ4v) is 6.13. The molecule has 1 heterocycles. The highest BCUT2D eigenvalue weighted by Gasteiger charge is 2.25. The lowest BCUT2D eigenvalue weighted by Crippen LogP contribution is -2.19. The molecular weight excluding hydrogens is 736 g/mol. The molecule has 0 aliphatic rings. The number of H-pyrrole nitrogens is 1. The predicted molar refractivity (Wildman–Crippen MR) is 177 cm³/mol. The molecule has 0 bridgehead atoms. The molecule has 0 aliphatic carbocycles. The molecule has 4 aromatic carbocycles. The normalized spacial score (nSPS) is 11.0. The maximum absolute atomic E-state index is 13.6. The van der Waals surface area contributed by atoms with Gasteiger partial charge in [-0.3, -0.25) is 14.9 Å². The number of benzene rings is 4. The van der Waals surface area contributed by atoms with Gasteiger partial charge in [0.15, 0.2) is 5.75 Å². The van der Waals surface area contributed by atoms with Crippen LogP contribution in [0.4, 0.5) is 5.69 Å². The lowest BCUT2D eigenvalue weighted by molar-refractivity contribution is -0.384. The number of esters is 1. The summed E-state index contributed by atoms with van der Waals surface area (Å²) in [4.78, 5) is 40.0. The molecule has 1 aromatic heterocycles. The largest absolute Gasteiger partial charge is 0.496 e. The number of amides is 1. The Labute approximate surface area is 277 Å². The van der Waals surface area contributed by atoms with E-state index in [0.29, 0.717) is 53.1 Å². The molecule has 11 nitrogen and oxygen atoms in total. The highest BCUT2D eigenvalue weighted by Crippen LogP contribution is 2.44. The number of hydrazone groups is 1. The van der Waals surface area contributed by atoms with E-state index in [1.807, 2.05) is 0 Å². The standard InChI is InChI=1S/C31H21Br2ClN4O7/c1-43-23-11-12-24(44-2)27-26(23)25(20-5-3-4-6-22(20)34)28(36-27)30(39)37-35-15-17-13-18(32)14-21(33)29(17)45-31(40)16-7-9-19(10-8-16)38(41)42/h3-15,36H,1-2H3,(H,37,39). The Bertz CT molecular complexity index is 1990. The first kappa shape index (κ1) is 31.7. The number of hydrogen-bond acceptors (Lipinski definition) is 8. The van der Waals surface area contributed by atoms with Crippen LogP contribution in [0.25, 0.3) is 22.0 Å². The Morgan fingerprint density at radius 1 is 1.00 bits per heavy atom. The number of ether oxygens (including phenoxy) is 3. The maximum Gasteiger partial charge on any atom is 0.343 e. The molecule has 5 rings (SSSR count). The van der Waals surface area contributed by atoms with Crippen LogP contribution in [-0.2, 0) is 0 Å². The van der Waals surface area contributed by atoms with Crippen LogP contribution >= 0.6 is 43.5 Å². The average Bonchev–Trinajstić information content (AvgIpc) is 3.43. The van der Waals surface area contributed by atoms with Gasteiger partial charge in [0.25, 0.3) is 11.6 Å². The average molecular weight is 757 g/mol. The van der Waals surface area contributed by atoms with E-state index in [0.717, 1.165) is 0 Å². The highest BCUT2D eigenvalue weighted by molar-refractivity contribution is 9.11. The number of nitrogens with one attached hydrogen (secondary N) is 2. The van der Waals surface area contributed by atoms with Crippen LogP contribution < -0.4 is 19.6 Å². The van der Waals surface area contributed by atoms with Crippen molar-refractivity contribution in [1.82, 2.24) is 10.4 Å². The molecule has 0 radical (unpaired) electrons. The Balaban J connectivity index is 1.49. The summed E-state index contributed by atoms with van der Waals surface area (Å²) < 4.78 is 17.8. The number of nitrogens with zero attached hydrogens (tertiary/aromatic N) is 2. The second kappa shape index (κ2) is 13.5. The van der Waals surface area contributed by atoms with Crippen LogP contribution in [-0.4, -0.2) is 42.2 Å². The van der Waals surface area contributed by atoms with E-state index in [1.54, 1.807) is 48.5 Å². The summed E-state index contributed by atoms with van der Waals surface area (Å²) in [5, 5.41) is 16.1. The number of rotatable bonds is 9. The molecule has 0 atom stereocenters. The van der Waals surface area contributed by atoms with Gasteiger partial charge in [-0.05, 0) is 58.4 Å². The van der Waals surface area contributed by atoms with Crippen molar-refractivity contribution in [3.8, 4) is 28.4 Å². The lowest BCUT2D eigenvalue weighted by atomic mass is 10.0. The first-order valence-corrected chi connectivity index (χ1v) is 14.9. The van der Waals surface area contributed by atoms with Crippen molar-refractivity contribution in [2.24, 2.45) is 5.10 Å². The van der Waals surface area contributed by atoms with E-state index in [4.69, 9.17) is 25.8 Å². The Morgan fingerprint density at radius 2 is 1.69 bits per heavy atom. The van der Waals surface area contributed by atoms with Gasteiger partial charge < -0.3 is 19.2 Å². The fraction of sp³-hybridized carbons (Fsp3) is 0.0645. The molecule has 0 unspecified atom stereocenters. The van der Waals surface area contributed by atoms with Gasteiger partial charge in [0, 0.05) is 38.3 Å². The van der Waals surface area contributed by atoms with Crippen molar-refractivity contribution in [2.75, 3.05) is 14.2 Å². The Morgan fingerprint density at radius 3 is 2.36 bits per heavy atom. The quantitative estimate of drug-likeness (QED) is 0.0511. The van der Waals surface area contributed by atoms with Crippen molar-refractivity contribution in [3.05, 3.63) is 114 Å². The first-order valence-electron chi connectivity index (χ1n) is 12.9. The van der Waals surface area contributed by atoms with Crippen LogP contribution in [0, 0.1) is 10.1 Å². The number of nitro groups is 1. The second-order valence-electron chi connectivity index (χ2n) is 9.27. The lowest BCUT2D eigenvalue weighted by Gasteiger charge is -2.11. The van der Waals surface area contributed by atoms with Gasteiger partial charge in [-0.25, -0.2) is 10.2 Å². The topological polar surface area (TPSA) is 145 Å². The van der Waals surface area contributed by atoms with Gasteiger partial charge in [0.1, 0.15) is 17.2 Å². The van der Waals surface area contributed by atoms with Gasteiger partial charge in [-0.15, -0.1) is 0 Å². The van der Waals surface area contributed by atoms with Gasteiger partial charge in [-0.1, -0.05) is 45.7 Å². The molecule has 1 amide bonds. The number of hydrogen-bond donors (Lipinski definition) is 2. The minimum absolute atomic E-state index is 0.100. The van der Waals surface area contributed by atoms with E-state index < -0.39 is 16.8 Å².